The number of carbonyl (C=O) groups is 2. The van der Waals surface area contributed by atoms with Crippen LogP contribution in [0.2, 0.25) is 0 Å². The van der Waals surface area contributed by atoms with Crippen molar-refractivity contribution in [3.63, 3.8) is 0 Å². The van der Waals surface area contributed by atoms with Crippen molar-refractivity contribution in [1.82, 2.24) is 0 Å². The first-order valence-electron chi connectivity index (χ1n) is 9.64. The number of ether oxygens (including phenoxy) is 1. The number of rotatable bonds is 14. The van der Waals surface area contributed by atoms with E-state index in [1.807, 2.05) is 0 Å². The standard InChI is InChI=1S/C21H32O4.Na/c1-2-3-4-5-6-7-8-9-10-11-14-17-25-21(24)19-16-13-12-15-18(19)20(22)23;/h12-13,15-16H,2-11,14,17H2,1H3,(H,22,23);/q;+1/p-1. The molecule has 0 aliphatic carbocycles. The summed E-state index contributed by atoms with van der Waals surface area (Å²) in [6, 6.07) is 5.99. The topological polar surface area (TPSA) is 66.4 Å². The molecule has 0 unspecified atom stereocenters. The van der Waals surface area contributed by atoms with Crippen LogP contribution in [0.1, 0.15) is 98.3 Å². The fraction of sp³-hybridized carbons (Fsp3) is 0.619. The third-order valence-corrected chi connectivity index (χ3v) is 4.35. The maximum atomic E-state index is 11.9. The summed E-state index contributed by atoms with van der Waals surface area (Å²) < 4.78 is 5.17. The Hall–Kier alpha value is -0.840. The fourth-order valence-corrected chi connectivity index (χ4v) is 2.85. The zero-order chi connectivity index (χ0) is 18.3. The summed E-state index contributed by atoms with van der Waals surface area (Å²) in [5.41, 5.74) is -0.0583. The Morgan fingerprint density at radius 1 is 0.808 bits per heavy atom. The van der Waals surface area contributed by atoms with E-state index < -0.39 is 11.9 Å². The van der Waals surface area contributed by atoms with Crippen LogP contribution in [-0.4, -0.2) is 18.5 Å². The number of aromatic carboxylic acids is 1. The number of hydrogen-bond donors (Lipinski definition) is 0. The summed E-state index contributed by atoms with van der Waals surface area (Å²) in [6.45, 7) is 2.57. The molecular formula is C21H31NaO4. The van der Waals surface area contributed by atoms with E-state index in [9.17, 15) is 14.7 Å². The van der Waals surface area contributed by atoms with Crippen LogP contribution < -0.4 is 34.7 Å². The molecule has 0 N–H and O–H groups in total. The SMILES string of the molecule is CCCCCCCCCCCCCOC(=O)c1ccccc1C(=O)[O-].[Na+]. The van der Waals surface area contributed by atoms with Gasteiger partial charge in [0.1, 0.15) is 0 Å². The summed E-state index contributed by atoms with van der Waals surface area (Å²) in [4.78, 5) is 22.9. The van der Waals surface area contributed by atoms with Gasteiger partial charge in [-0.3, -0.25) is 0 Å². The Morgan fingerprint density at radius 3 is 1.77 bits per heavy atom. The van der Waals surface area contributed by atoms with E-state index in [1.165, 1.54) is 63.5 Å². The van der Waals surface area contributed by atoms with E-state index in [1.54, 1.807) is 12.1 Å². The Bertz CT molecular complexity index is 516. The molecular weight excluding hydrogens is 339 g/mol. The Kier molecular flexibility index (Phi) is 15.8. The van der Waals surface area contributed by atoms with Gasteiger partial charge < -0.3 is 14.6 Å². The van der Waals surface area contributed by atoms with Crippen LogP contribution in [0.3, 0.4) is 0 Å². The monoisotopic (exact) mass is 370 g/mol. The number of carboxylic acid groups (broad SMARTS) is 1. The van der Waals surface area contributed by atoms with Crippen molar-refractivity contribution in [3.05, 3.63) is 35.4 Å². The van der Waals surface area contributed by atoms with Gasteiger partial charge in [0.2, 0.25) is 0 Å². The maximum absolute atomic E-state index is 11.9. The van der Waals surface area contributed by atoms with Gasteiger partial charge in [-0.1, -0.05) is 89.3 Å². The molecule has 0 aliphatic rings. The van der Waals surface area contributed by atoms with Crippen molar-refractivity contribution < 1.29 is 49.0 Å². The first kappa shape index (κ1) is 25.2. The van der Waals surface area contributed by atoms with Crippen molar-refractivity contribution in [2.75, 3.05) is 6.61 Å². The Morgan fingerprint density at radius 2 is 1.27 bits per heavy atom. The van der Waals surface area contributed by atoms with Crippen molar-refractivity contribution >= 4 is 11.9 Å². The Balaban J connectivity index is 0.00000625. The third-order valence-electron chi connectivity index (χ3n) is 4.35. The molecule has 4 nitrogen and oxygen atoms in total. The number of unbranched alkanes of at least 4 members (excludes halogenated alkanes) is 10. The third kappa shape index (κ3) is 11.0. The maximum Gasteiger partial charge on any atom is 1.00 e. The van der Waals surface area contributed by atoms with Crippen molar-refractivity contribution in [2.24, 2.45) is 0 Å². The van der Waals surface area contributed by atoms with E-state index in [0.29, 0.717) is 6.61 Å². The number of benzene rings is 1. The zero-order valence-corrected chi connectivity index (χ0v) is 18.4. The molecule has 1 aromatic carbocycles. The minimum atomic E-state index is -1.36. The van der Waals surface area contributed by atoms with Crippen molar-refractivity contribution in [2.45, 2.75) is 77.6 Å². The quantitative estimate of drug-likeness (QED) is 0.283. The van der Waals surface area contributed by atoms with Crippen LogP contribution >= 0.6 is 0 Å². The van der Waals surface area contributed by atoms with E-state index >= 15 is 0 Å². The molecule has 0 amide bonds. The van der Waals surface area contributed by atoms with Gasteiger partial charge in [0.25, 0.3) is 0 Å². The first-order valence-corrected chi connectivity index (χ1v) is 9.64. The summed E-state index contributed by atoms with van der Waals surface area (Å²) in [6.07, 6.45) is 13.5. The van der Waals surface area contributed by atoms with Gasteiger partial charge in [-0.15, -0.1) is 0 Å². The fourth-order valence-electron chi connectivity index (χ4n) is 2.85. The normalized spacial score (nSPS) is 10.2. The smallest absolute Gasteiger partial charge is 0.545 e. The van der Waals surface area contributed by atoms with Crippen LogP contribution in [0, 0.1) is 0 Å². The minimum Gasteiger partial charge on any atom is -0.545 e. The van der Waals surface area contributed by atoms with E-state index in [2.05, 4.69) is 6.92 Å². The molecule has 0 fully saturated rings. The van der Waals surface area contributed by atoms with Crippen LogP contribution in [0.25, 0.3) is 0 Å². The van der Waals surface area contributed by atoms with Crippen LogP contribution in [0.15, 0.2) is 24.3 Å². The summed E-state index contributed by atoms with van der Waals surface area (Å²) in [5.74, 6) is -1.95. The largest absolute Gasteiger partial charge is 1.00 e. The second kappa shape index (κ2) is 16.3. The molecule has 0 aromatic heterocycles. The molecule has 0 saturated carbocycles. The second-order valence-electron chi connectivity index (χ2n) is 6.50. The van der Waals surface area contributed by atoms with Gasteiger partial charge in [-0.05, 0) is 12.5 Å². The van der Waals surface area contributed by atoms with Crippen LogP contribution in [0.4, 0.5) is 0 Å². The van der Waals surface area contributed by atoms with Gasteiger partial charge in [0, 0.05) is 5.56 Å². The van der Waals surface area contributed by atoms with Crippen molar-refractivity contribution in [3.8, 4) is 0 Å². The molecule has 1 rings (SSSR count). The van der Waals surface area contributed by atoms with Crippen molar-refractivity contribution in [1.29, 1.82) is 0 Å². The molecule has 140 valence electrons. The molecule has 0 radical (unpaired) electrons. The molecule has 0 atom stereocenters. The summed E-state index contributed by atoms with van der Waals surface area (Å²) in [7, 11) is 0. The molecule has 0 bridgehead atoms. The van der Waals surface area contributed by atoms with Gasteiger partial charge >= 0.3 is 35.5 Å². The first-order chi connectivity index (χ1) is 12.2. The number of esters is 1. The van der Waals surface area contributed by atoms with Gasteiger partial charge in [-0.2, -0.15) is 0 Å². The predicted octanol–water partition coefficient (Wildman–Crippen LogP) is 1.52. The van der Waals surface area contributed by atoms with E-state index in [4.69, 9.17) is 4.74 Å². The predicted molar refractivity (Wildman–Crippen MR) is 97.5 cm³/mol. The average Bonchev–Trinajstić information content (AvgIpc) is 2.62. The number of hydrogen-bond acceptors (Lipinski definition) is 4. The van der Waals surface area contributed by atoms with E-state index in [0.717, 1.165) is 19.3 Å². The zero-order valence-electron chi connectivity index (χ0n) is 16.4. The molecule has 5 heteroatoms. The molecule has 0 saturated heterocycles. The number of carboxylic acids is 1. The second-order valence-corrected chi connectivity index (χ2v) is 6.50. The summed E-state index contributed by atoms with van der Waals surface area (Å²) >= 11 is 0. The molecule has 0 heterocycles. The Labute approximate surface area is 180 Å². The van der Waals surface area contributed by atoms with Crippen LogP contribution in [0.5, 0.6) is 0 Å². The van der Waals surface area contributed by atoms with E-state index in [-0.39, 0.29) is 40.7 Å². The molecule has 0 aliphatic heterocycles. The van der Waals surface area contributed by atoms with Gasteiger partial charge in [0.15, 0.2) is 0 Å². The average molecular weight is 370 g/mol. The molecule has 26 heavy (non-hydrogen) atoms. The van der Waals surface area contributed by atoms with Gasteiger partial charge in [0.05, 0.1) is 18.1 Å². The molecule has 0 spiro atoms. The van der Waals surface area contributed by atoms with Crippen LogP contribution in [-0.2, 0) is 4.74 Å². The molecule has 1 aromatic rings. The summed E-state index contributed by atoms with van der Waals surface area (Å²) in [5, 5.41) is 11.0. The number of carbonyl (C=O) groups excluding carboxylic acids is 2. The minimum absolute atomic E-state index is 0. The van der Waals surface area contributed by atoms with Gasteiger partial charge in [-0.25, -0.2) is 4.79 Å².